The summed E-state index contributed by atoms with van der Waals surface area (Å²) in [5.74, 6) is 0.832. The van der Waals surface area contributed by atoms with Gasteiger partial charge in [0.15, 0.2) is 18.2 Å². The fourth-order valence-corrected chi connectivity index (χ4v) is 1.03. The second-order valence-electron chi connectivity index (χ2n) is 2.61. The van der Waals surface area contributed by atoms with Gasteiger partial charge in [0.05, 0.1) is 0 Å². The van der Waals surface area contributed by atoms with Crippen LogP contribution in [0.2, 0.25) is 0 Å². The Hall–Kier alpha value is -1.90. The first-order chi connectivity index (χ1) is 6.45. The Morgan fingerprint density at radius 3 is 2.54 bits per heavy atom. The molecule has 64 valence electrons. The Morgan fingerprint density at radius 1 is 1.00 bits per heavy atom. The van der Waals surface area contributed by atoms with Crippen LogP contribution in [0.5, 0.6) is 0 Å². The Balaban J connectivity index is 2.16. The molecule has 0 radical (unpaired) electrons. The molecule has 0 saturated heterocycles. The highest BCUT2D eigenvalue weighted by Gasteiger charge is 1.97. The van der Waals surface area contributed by atoms with Crippen molar-refractivity contribution in [1.82, 2.24) is 4.98 Å². The average Bonchev–Trinajstić information content (AvgIpc) is 2.21. The van der Waals surface area contributed by atoms with E-state index in [-0.39, 0.29) is 0 Å². The average molecular weight is 172 g/mol. The molecule has 0 spiro atoms. The third-order valence-electron chi connectivity index (χ3n) is 1.62. The molecule has 0 atom stereocenters. The molecule has 2 heterocycles. The zero-order valence-corrected chi connectivity index (χ0v) is 7.09. The van der Waals surface area contributed by atoms with Crippen LogP contribution < -0.4 is 10.1 Å². The monoisotopic (exact) mass is 172 g/mol. The van der Waals surface area contributed by atoms with E-state index in [0.29, 0.717) is 0 Å². The van der Waals surface area contributed by atoms with Crippen molar-refractivity contribution in [3.63, 3.8) is 0 Å². The molecule has 0 aliphatic heterocycles. The van der Waals surface area contributed by atoms with Crippen molar-refractivity contribution in [2.75, 3.05) is 5.43 Å². The highest BCUT2D eigenvalue weighted by molar-refractivity contribution is 5.29. The van der Waals surface area contributed by atoms with E-state index in [1.54, 1.807) is 6.20 Å². The zero-order chi connectivity index (χ0) is 8.93. The maximum absolute atomic E-state index is 4.14. The number of hydrogen-bond acceptors (Lipinski definition) is 2. The van der Waals surface area contributed by atoms with Crippen molar-refractivity contribution in [2.24, 2.45) is 0 Å². The molecule has 13 heavy (non-hydrogen) atoms. The lowest BCUT2D eigenvalue weighted by Gasteiger charge is -1.96. The Morgan fingerprint density at radius 2 is 1.85 bits per heavy atom. The van der Waals surface area contributed by atoms with Crippen LogP contribution in [0.15, 0.2) is 55.0 Å². The third kappa shape index (κ3) is 2.02. The minimum absolute atomic E-state index is 0.832. The second kappa shape index (κ2) is 3.67. The predicted octanol–water partition coefficient (Wildman–Crippen LogP) is 1.24. The summed E-state index contributed by atoms with van der Waals surface area (Å²) < 4.78 is 1.85. The van der Waals surface area contributed by atoms with Crippen LogP contribution in [-0.4, -0.2) is 4.98 Å². The Bertz CT molecular complexity index is 321. The molecule has 2 aromatic heterocycles. The van der Waals surface area contributed by atoms with Crippen LogP contribution in [0.4, 0.5) is 5.82 Å². The standard InChI is InChI=1S/C10H10N3/c1-4-8-13(9-5-1)12-10-6-2-3-7-11-10/h1-9H,(H,11,12)/q+1. The molecule has 0 unspecified atom stereocenters. The van der Waals surface area contributed by atoms with E-state index in [4.69, 9.17) is 0 Å². The van der Waals surface area contributed by atoms with Crippen molar-refractivity contribution >= 4 is 5.82 Å². The highest BCUT2D eigenvalue weighted by atomic mass is 15.4. The van der Waals surface area contributed by atoms with Crippen LogP contribution in [0.1, 0.15) is 0 Å². The number of aromatic nitrogens is 2. The van der Waals surface area contributed by atoms with Gasteiger partial charge in [-0.15, -0.1) is 5.43 Å². The molecular formula is C10H10N3+. The molecular weight excluding hydrogens is 162 g/mol. The van der Waals surface area contributed by atoms with Crippen LogP contribution in [0, 0.1) is 0 Å². The number of nitrogens with one attached hydrogen (secondary N) is 1. The fourth-order valence-electron chi connectivity index (χ4n) is 1.03. The summed E-state index contributed by atoms with van der Waals surface area (Å²) in [5.41, 5.74) is 3.11. The van der Waals surface area contributed by atoms with E-state index >= 15 is 0 Å². The lowest BCUT2D eigenvalue weighted by atomic mass is 10.5. The quantitative estimate of drug-likeness (QED) is 0.690. The van der Waals surface area contributed by atoms with Crippen molar-refractivity contribution in [2.45, 2.75) is 0 Å². The number of hydrogen-bond donors (Lipinski definition) is 1. The second-order valence-corrected chi connectivity index (χ2v) is 2.61. The van der Waals surface area contributed by atoms with E-state index < -0.39 is 0 Å². The van der Waals surface area contributed by atoms with Crippen molar-refractivity contribution in [3.05, 3.63) is 55.0 Å². The third-order valence-corrected chi connectivity index (χ3v) is 1.62. The first-order valence-corrected chi connectivity index (χ1v) is 4.09. The minimum atomic E-state index is 0.832. The van der Waals surface area contributed by atoms with Gasteiger partial charge in [0.25, 0.3) is 0 Å². The minimum Gasteiger partial charge on any atom is -0.234 e. The van der Waals surface area contributed by atoms with Gasteiger partial charge in [-0.3, -0.25) is 0 Å². The molecule has 1 N–H and O–H groups in total. The summed E-state index contributed by atoms with van der Waals surface area (Å²) in [4.78, 5) is 4.14. The molecule has 3 nitrogen and oxygen atoms in total. The number of pyridine rings is 2. The topological polar surface area (TPSA) is 28.8 Å². The predicted molar refractivity (Wildman–Crippen MR) is 49.9 cm³/mol. The van der Waals surface area contributed by atoms with Gasteiger partial charge >= 0.3 is 0 Å². The summed E-state index contributed by atoms with van der Waals surface area (Å²) in [5, 5.41) is 0. The molecule has 0 aliphatic carbocycles. The van der Waals surface area contributed by atoms with E-state index in [9.17, 15) is 0 Å². The fraction of sp³-hybridized carbons (Fsp3) is 0. The smallest absolute Gasteiger partial charge is 0.199 e. The lowest BCUT2D eigenvalue weighted by Crippen LogP contribution is -2.41. The molecule has 0 amide bonds. The lowest BCUT2D eigenvalue weighted by molar-refractivity contribution is -0.643. The van der Waals surface area contributed by atoms with E-state index in [0.717, 1.165) is 5.82 Å². The molecule has 0 bridgehead atoms. The van der Waals surface area contributed by atoms with E-state index in [1.807, 2.05) is 53.5 Å². The summed E-state index contributed by atoms with van der Waals surface area (Å²) in [6.45, 7) is 0. The molecule has 3 heteroatoms. The van der Waals surface area contributed by atoms with Gasteiger partial charge in [0.2, 0.25) is 0 Å². The number of anilines is 1. The van der Waals surface area contributed by atoms with E-state index in [2.05, 4.69) is 10.4 Å². The number of nitrogens with zero attached hydrogens (tertiary/aromatic N) is 2. The van der Waals surface area contributed by atoms with Crippen molar-refractivity contribution in [3.8, 4) is 0 Å². The first kappa shape index (κ1) is 7.73. The van der Waals surface area contributed by atoms with Gasteiger partial charge in [-0.05, 0) is 12.1 Å². The molecule has 2 rings (SSSR count). The normalized spacial score (nSPS) is 9.54. The van der Waals surface area contributed by atoms with Crippen LogP contribution in [0.25, 0.3) is 0 Å². The SMILES string of the molecule is c1cc[n+](Nc2ccccn2)cc1. The summed E-state index contributed by atoms with van der Waals surface area (Å²) in [6, 6.07) is 11.6. The Kier molecular flexibility index (Phi) is 2.18. The van der Waals surface area contributed by atoms with E-state index in [1.165, 1.54) is 0 Å². The van der Waals surface area contributed by atoms with Gasteiger partial charge < -0.3 is 0 Å². The summed E-state index contributed by atoms with van der Waals surface area (Å²) in [7, 11) is 0. The van der Waals surface area contributed by atoms with Gasteiger partial charge in [-0.2, -0.15) is 0 Å². The molecule has 0 aromatic carbocycles. The first-order valence-electron chi connectivity index (χ1n) is 4.09. The largest absolute Gasteiger partial charge is 0.234 e. The maximum Gasteiger partial charge on any atom is 0.199 e. The molecule has 0 aliphatic rings. The van der Waals surface area contributed by atoms with Crippen molar-refractivity contribution in [1.29, 1.82) is 0 Å². The molecule has 0 saturated carbocycles. The van der Waals surface area contributed by atoms with Crippen LogP contribution >= 0.6 is 0 Å². The number of rotatable bonds is 2. The summed E-state index contributed by atoms with van der Waals surface area (Å²) in [6.07, 6.45) is 5.61. The summed E-state index contributed by atoms with van der Waals surface area (Å²) >= 11 is 0. The maximum atomic E-state index is 4.14. The van der Waals surface area contributed by atoms with Gasteiger partial charge in [0.1, 0.15) is 0 Å². The van der Waals surface area contributed by atoms with Crippen molar-refractivity contribution < 1.29 is 4.68 Å². The van der Waals surface area contributed by atoms with Gasteiger partial charge in [-0.1, -0.05) is 16.8 Å². The van der Waals surface area contributed by atoms with Crippen LogP contribution in [0.3, 0.4) is 0 Å². The van der Waals surface area contributed by atoms with Crippen LogP contribution in [-0.2, 0) is 0 Å². The van der Waals surface area contributed by atoms with Gasteiger partial charge in [0, 0.05) is 18.3 Å². The Labute approximate surface area is 76.7 Å². The molecule has 0 fully saturated rings. The zero-order valence-electron chi connectivity index (χ0n) is 7.09. The molecule has 2 aromatic rings. The highest BCUT2D eigenvalue weighted by Crippen LogP contribution is 1.96. The van der Waals surface area contributed by atoms with Gasteiger partial charge in [-0.25, -0.2) is 4.98 Å².